The summed E-state index contributed by atoms with van der Waals surface area (Å²) in [6, 6.07) is 0.655. The highest BCUT2D eigenvalue weighted by Gasteiger charge is 2.29. The Morgan fingerprint density at radius 2 is 2.00 bits per heavy atom. The van der Waals surface area contributed by atoms with Gasteiger partial charge in [0.15, 0.2) is 0 Å². The summed E-state index contributed by atoms with van der Waals surface area (Å²) in [6.45, 7) is 3.64. The molecule has 1 fully saturated rings. The van der Waals surface area contributed by atoms with Crippen LogP contribution in [0.4, 0.5) is 0 Å². The lowest BCUT2D eigenvalue weighted by Gasteiger charge is -2.32. The summed E-state index contributed by atoms with van der Waals surface area (Å²) < 4.78 is 0. The molecule has 0 saturated carbocycles. The normalized spacial score (nSPS) is 40.0. The van der Waals surface area contributed by atoms with E-state index in [9.17, 15) is 0 Å². The summed E-state index contributed by atoms with van der Waals surface area (Å²) in [6.07, 6.45) is 11.9. The predicted octanol–water partition coefficient (Wildman–Crippen LogP) is 2.46. The molecule has 1 heterocycles. The predicted molar refractivity (Wildman–Crippen MR) is 56.6 cm³/mol. The van der Waals surface area contributed by atoms with E-state index in [2.05, 4.69) is 43.2 Å². The second-order valence-electron chi connectivity index (χ2n) is 4.44. The van der Waals surface area contributed by atoms with Crippen LogP contribution in [0, 0.1) is 11.8 Å². The average Bonchev–Trinajstić information content (AvgIpc) is 2.29. The number of nitrogens with zero attached hydrogens (tertiary/aromatic N) is 1. The van der Waals surface area contributed by atoms with Crippen molar-refractivity contribution in [1.82, 2.24) is 4.90 Å². The highest BCUT2D eigenvalue weighted by atomic mass is 15.1. The van der Waals surface area contributed by atoms with E-state index in [1.54, 1.807) is 0 Å². The summed E-state index contributed by atoms with van der Waals surface area (Å²) in [5, 5.41) is 0. The Hall–Kier alpha value is -0.560. The van der Waals surface area contributed by atoms with E-state index in [4.69, 9.17) is 0 Å². The van der Waals surface area contributed by atoms with Crippen molar-refractivity contribution in [1.29, 1.82) is 0 Å². The van der Waals surface area contributed by atoms with E-state index in [1.165, 1.54) is 19.4 Å². The second-order valence-corrected chi connectivity index (χ2v) is 4.44. The summed E-state index contributed by atoms with van der Waals surface area (Å²) in [7, 11) is 2.25. The molecule has 2 rings (SSSR count). The Balaban J connectivity index is 2.20. The summed E-state index contributed by atoms with van der Waals surface area (Å²) >= 11 is 0. The largest absolute Gasteiger partial charge is 0.299 e. The molecule has 3 unspecified atom stereocenters. The maximum Gasteiger partial charge on any atom is 0.0343 e. The SMILES string of the molecule is CC1CCCN(C)C2C=CC=CC12. The van der Waals surface area contributed by atoms with Gasteiger partial charge in [-0.2, -0.15) is 0 Å². The fourth-order valence-electron chi connectivity index (χ4n) is 2.58. The molecule has 0 amide bonds. The zero-order valence-electron chi connectivity index (χ0n) is 8.61. The second kappa shape index (κ2) is 3.67. The van der Waals surface area contributed by atoms with Crippen molar-refractivity contribution in [3.8, 4) is 0 Å². The van der Waals surface area contributed by atoms with Gasteiger partial charge in [-0.05, 0) is 38.3 Å². The molecule has 2 aliphatic rings. The average molecular weight is 177 g/mol. The number of allylic oxidation sites excluding steroid dienone is 2. The van der Waals surface area contributed by atoms with Crippen molar-refractivity contribution < 1.29 is 0 Å². The van der Waals surface area contributed by atoms with Gasteiger partial charge in [-0.15, -0.1) is 0 Å². The number of fused-ring (bicyclic) bond motifs is 1. The van der Waals surface area contributed by atoms with Gasteiger partial charge in [-0.25, -0.2) is 0 Å². The summed E-state index contributed by atoms with van der Waals surface area (Å²) in [4.78, 5) is 2.49. The van der Waals surface area contributed by atoms with Gasteiger partial charge in [0.25, 0.3) is 0 Å². The topological polar surface area (TPSA) is 3.24 Å². The first-order valence-corrected chi connectivity index (χ1v) is 5.34. The molecule has 0 spiro atoms. The zero-order chi connectivity index (χ0) is 9.26. The van der Waals surface area contributed by atoms with E-state index in [-0.39, 0.29) is 0 Å². The minimum atomic E-state index is 0.655. The van der Waals surface area contributed by atoms with E-state index < -0.39 is 0 Å². The monoisotopic (exact) mass is 177 g/mol. The van der Waals surface area contributed by atoms with Crippen LogP contribution in [0.25, 0.3) is 0 Å². The minimum Gasteiger partial charge on any atom is -0.299 e. The fourth-order valence-corrected chi connectivity index (χ4v) is 2.58. The Morgan fingerprint density at radius 1 is 1.23 bits per heavy atom. The van der Waals surface area contributed by atoms with E-state index in [1.807, 2.05) is 0 Å². The first-order valence-electron chi connectivity index (χ1n) is 5.34. The van der Waals surface area contributed by atoms with Gasteiger partial charge in [-0.1, -0.05) is 31.2 Å². The molecule has 0 bridgehead atoms. The number of likely N-dealkylation sites (N-methyl/N-ethyl adjacent to an activating group) is 1. The van der Waals surface area contributed by atoms with Crippen LogP contribution >= 0.6 is 0 Å². The van der Waals surface area contributed by atoms with Gasteiger partial charge in [0.1, 0.15) is 0 Å². The molecular formula is C12H19N. The lowest BCUT2D eigenvalue weighted by molar-refractivity contribution is 0.236. The summed E-state index contributed by atoms with van der Waals surface area (Å²) in [5.74, 6) is 1.59. The van der Waals surface area contributed by atoms with E-state index >= 15 is 0 Å². The summed E-state index contributed by atoms with van der Waals surface area (Å²) in [5.41, 5.74) is 0. The number of hydrogen-bond acceptors (Lipinski definition) is 1. The van der Waals surface area contributed by atoms with Crippen LogP contribution in [-0.4, -0.2) is 24.5 Å². The Morgan fingerprint density at radius 3 is 2.85 bits per heavy atom. The third-order valence-electron chi connectivity index (χ3n) is 3.48. The van der Waals surface area contributed by atoms with Crippen LogP contribution in [0.5, 0.6) is 0 Å². The molecule has 0 aromatic heterocycles. The van der Waals surface area contributed by atoms with Crippen molar-refractivity contribution in [3.63, 3.8) is 0 Å². The Kier molecular flexibility index (Phi) is 2.54. The standard InChI is InChI=1S/C12H19N/c1-10-6-5-9-13(2)12-8-4-3-7-11(10)12/h3-4,7-8,10-12H,5-6,9H2,1-2H3. The van der Waals surface area contributed by atoms with Crippen molar-refractivity contribution in [2.24, 2.45) is 11.8 Å². The maximum absolute atomic E-state index is 2.49. The van der Waals surface area contributed by atoms with Crippen LogP contribution in [0.1, 0.15) is 19.8 Å². The maximum atomic E-state index is 2.49. The van der Waals surface area contributed by atoms with Gasteiger partial charge < -0.3 is 0 Å². The Bertz CT molecular complexity index is 205. The van der Waals surface area contributed by atoms with Crippen molar-refractivity contribution in [2.45, 2.75) is 25.8 Å². The molecule has 0 aromatic carbocycles. The van der Waals surface area contributed by atoms with Gasteiger partial charge >= 0.3 is 0 Å². The number of hydrogen-bond donors (Lipinski definition) is 0. The van der Waals surface area contributed by atoms with E-state index in [0.717, 1.165) is 11.8 Å². The smallest absolute Gasteiger partial charge is 0.0343 e. The third-order valence-corrected chi connectivity index (χ3v) is 3.48. The van der Waals surface area contributed by atoms with Crippen LogP contribution in [0.15, 0.2) is 24.3 Å². The molecular weight excluding hydrogens is 158 g/mol. The molecule has 0 N–H and O–H groups in total. The molecule has 1 heteroatoms. The first-order chi connectivity index (χ1) is 6.29. The molecule has 0 aromatic rings. The Labute approximate surface area is 81.1 Å². The van der Waals surface area contributed by atoms with Crippen molar-refractivity contribution in [3.05, 3.63) is 24.3 Å². The van der Waals surface area contributed by atoms with Crippen LogP contribution in [0.3, 0.4) is 0 Å². The van der Waals surface area contributed by atoms with Gasteiger partial charge in [0.05, 0.1) is 0 Å². The van der Waals surface area contributed by atoms with Gasteiger partial charge in [-0.3, -0.25) is 4.90 Å². The molecule has 1 aliphatic carbocycles. The number of likely N-dealkylation sites (tertiary alicyclic amines) is 1. The third kappa shape index (κ3) is 1.71. The van der Waals surface area contributed by atoms with Crippen molar-refractivity contribution in [2.75, 3.05) is 13.6 Å². The molecule has 0 radical (unpaired) electrons. The van der Waals surface area contributed by atoms with Crippen LogP contribution in [0.2, 0.25) is 0 Å². The quantitative estimate of drug-likeness (QED) is 0.549. The highest BCUT2D eigenvalue weighted by molar-refractivity contribution is 5.18. The fraction of sp³-hybridized carbons (Fsp3) is 0.667. The molecule has 72 valence electrons. The molecule has 1 saturated heterocycles. The lowest BCUT2D eigenvalue weighted by Crippen LogP contribution is -2.37. The molecule has 1 aliphatic heterocycles. The van der Waals surface area contributed by atoms with Gasteiger partial charge in [0, 0.05) is 6.04 Å². The molecule has 1 nitrogen and oxygen atoms in total. The minimum absolute atomic E-state index is 0.655. The van der Waals surface area contributed by atoms with Crippen molar-refractivity contribution >= 4 is 0 Å². The van der Waals surface area contributed by atoms with Gasteiger partial charge in [0.2, 0.25) is 0 Å². The highest BCUT2D eigenvalue weighted by Crippen LogP contribution is 2.31. The zero-order valence-corrected chi connectivity index (χ0v) is 8.61. The first kappa shape index (κ1) is 9.01. The van der Waals surface area contributed by atoms with Crippen LogP contribution < -0.4 is 0 Å². The lowest BCUT2D eigenvalue weighted by atomic mass is 9.83. The molecule has 13 heavy (non-hydrogen) atoms. The van der Waals surface area contributed by atoms with E-state index in [0.29, 0.717) is 6.04 Å². The molecule has 3 atom stereocenters. The van der Waals surface area contributed by atoms with Crippen LogP contribution in [-0.2, 0) is 0 Å². The number of rotatable bonds is 0.